The van der Waals surface area contributed by atoms with Gasteiger partial charge in [0.25, 0.3) is 6.71 Å². The monoisotopic (exact) mass is 676 g/mol. The smallest absolute Gasteiger partial charge is 0.250 e. The van der Waals surface area contributed by atoms with Crippen molar-refractivity contribution >= 4 is 75.0 Å². The first-order chi connectivity index (χ1) is 25.8. The number of hydrogen-bond acceptors (Lipinski definition) is 3. The van der Waals surface area contributed by atoms with Crippen LogP contribution in [0.3, 0.4) is 0 Å². The van der Waals surface area contributed by atoms with Gasteiger partial charge in [0, 0.05) is 24.8 Å². The van der Waals surface area contributed by atoms with E-state index in [2.05, 4.69) is 156 Å². The first kappa shape index (κ1) is 29.5. The molecule has 2 aromatic heterocycles. The van der Waals surface area contributed by atoms with Crippen molar-refractivity contribution in [2.24, 2.45) is 0 Å². The maximum atomic E-state index is 6.83. The predicted octanol–water partition coefficient (Wildman–Crippen LogP) is 2.95. The van der Waals surface area contributed by atoms with Gasteiger partial charge in [-0.05, 0) is 78.2 Å². The van der Waals surface area contributed by atoms with Crippen molar-refractivity contribution < 1.29 is 4.74 Å². The number of benzene rings is 6. The van der Waals surface area contributed by atoms with E-state index >= 15 is 0 Å². The van der Waals surface area contributed by atoms with E-state index in [1.165, 1.54) is 64.7 Å². The SMILES string of the molecule is c1ccc(B2c3ccc(-c4cccnc4)cc3[Si]3(c4cc(-c5cccnc5)ccc42)c2ccccc2B2c4ccccc4Oc4cccc3c42)cc1. The van der Waals surface area contributed by atoms with Crippen LogP contribution in [0, 0.1) is 0 Å². The van der Waals surface area contributed by atoms with Crippen molar-refractivity contribution in [2.75, 3.05) is 0 Å². The van der Waals surface area contributed by atoms with Gasteiger partial charge in [-0.1, -0.05) is 155 Å². The van der Waals surface area contributed by atoms with Crippen LogP contribution in [0.5, 0.6) is 11.5 Å². The summed E-state index contributed by atoms with van der Waals surface area (Å²) in [4.78, 5) is 9.09. The van der Waals surface area contributed by atoms with E-state index < -0.39 is 8.07 Å². The van der Waals surface area contributed by atoms with Gasteiger partial charge in [0.05, 0.1) is 0 Å². The Morgan fingerprint density at radius 1 is 0.404 bits per heavy atom. The van der Waals surface area contributed by atoms with Crippen LogP contribution < -0.4 is 58.3 Å². The lowest BCUT2D eigenvalue weighted by Crippen LogP contribution is -2.93. The van der Waals surface area contributed by atoms with Crippen LogP contribution in [0.2, 0.25) is 0 Å². The lowest BCUT2D eigenvalue weighted by Gasteiger charge is -2.49. The number of nitrogens with zero attached hydrogens (tertiary/aromatic N) is 2. The Balaban J connectivity index is 1.32. The van der Waals surface area contributed by atoms with Crippen molar-refractivity contribution in [1.82, 2.24) is 9.97 Å². The normalized spacial score (nSPS) is 14.0. The second kappa shape index (κ2) is 11.4. The van der Waals surface area contributed by atoms with Gasteiger partial charge < -0.3 is 4.74 Å². The molecule has 3 nitrogen and oxygen atoms in total. The summed E-state index contributed by atoms with van der Waals surface area (Å²) in [6.07, 6.45) is 7.68. The van der Waals surface area contributed by atoms with Crippen LogP contribution in [-0.4, -0.2) is 31.5 Å². The first-order valence-corrected chi connectivity index (χ1v) is 19.9. The lowest BCUT2D eigenvalue weighted by molar-refractivity contribution is 0.488. The van der Waals surface area contributed by atoms with Crippen molar-refractivity contribution in [3.63, 3.8) is 0 Å². The molecule has 5 heterocycles. The standard InChI is InChI=1S/C46H30B2N2OSi/c1-2-13-35(14-3-1)47-38-23-21-31(33-11-9-25-49-29-33)27-44(38)52(45-28-32(22-24-39(45)47)34-12-10-26-50-30-34)42-19-7-5-16-37(42)48-36-15-4-6-17-40(36)51-41-18-8-20-43(52)46(41)48/h1-30H. The number of para-hydroxylation sites is 1. The second-order valence-electron chi connectivity index (χ2n) is 14.1. The molecule has 0 bridgehead atoms. The van der Waals surface area contributed by atoms with Gasteiger partial charge in [0.2, 0.25) is 6.71 Å². The Kier molecular flexibility index (Phi) is 6.46. The maximum Gasteiger partial charge on any atom is 0.250 e. The molecule has 0 saturated carbocycles. The van der Waals surface area contributed by atoms with E-state index in [0.717, 1.165) is 22.6 Å². The minimum absolute atomic E-state index is 0.0663. The molecular weight excluding hydrogens is 646 g/mol. The molecule has 0 fully saturated rings. The van der Waals surface area contributed by atoms with Crippen LogP contribution in [0.15, 0.2) is 183 Å². The molecule has 6 heteroatoms. The minimum atomic E-state index is -3.05. The van der Waals surface area contributed by atoms with E-state index in [1.54, 1.807) is 0 Å². The highest BCUT2D eigenvalue weighted by atomic mass is 28.3. The fourth-order valence-electron chi connectivity index (χ4n) is 9.49. The number of aromatic nitrogens is 2. The quantitative estimate of drug-likeness (QED) is 0.271. The topological polar surface area (TPSA) is 35.0 Å². The van der Waals surface area contributed by atoms with Crippen molar-refractivity contribution in [1.29, 1.82) is 0 Å². The van der Waals surface area contributed by atoms with Gasteiger partial charge >= 0.3 is 0 Å². The Morgan fingerprint density at radius 2 is 0.981 bits per heavy atom. The Hall–Kier alpha value is -6.23. The molecule has 0 unspecified atom stereocenters. The molecule has 0 aliphatic carbocycles. The summed E-state index contributed by atoms with van der Waals surface area (Å²) < 4.78 is 6.83. The minimum Gasteiger partial charge on any atom is -0.458 e. The van der Waals surface area contributed by atoms with Crippen molar-refractivity contribution in [2.45, 2.75) is 0 Å². The highest BCUT2D eigenvalue weighted by Crippen LogP contribution is 2.28. The average molecular weight is 676 g/mol. The number of ether oxygens (including phenoxy) is 1. The molecule has 240 valence electrons. The van der Waals surface area contributed by atoms with Gasteiger partial charge in [-0.2, -0.15) is 0 Å². The summed E-state index contributed by atoms with van der Waals surface area (Å²) >= 11 is 0. The zero-order valence-electron chi connectivity index (χ0n) is 28.3. The van der Waals surface area contributed by atoms with Gasteiger partial charge in [-0.25, -0.2) is 0 Å². The predicted molar refractivity (Wildman–Crippen MR) is 219 cm³/mol. The van der Waals surface area contributed by atoms with Crippen LogP contribution in [0.1, 0.15) is 0 Å². The third-order valence-electron chi connectivity index (χ3n) is 11.5. The zero-order valence-corrected chi connectivity index (χ0v) is 29.3. The van der Waals surface area contributed by atoms with Crippen molar-refractivity contribution in [3.8, 4) is 33.8 Å². The van der Waals surface area contributed by atoms with Gasteiger partial charge in [-0.3, -0.25) is 9.97 Å². The summed E-state index contributed by atoms with van der Waals surface area (Å²) in [6, 6.07) is 58.7. The number of rotatable bonds is 3. The molecule has 6 aromatic carbocycles. The molecule has 52 heavy (non-hydrogen) atoms. The Bertz CT molecular complexity index is 2600. The molecule has 3 aliphatic heterocycles. The third-order valence-corrected chi connectivity index (χ3v) is 16.5. The number of pyridine rings is 2. The third kappa shape index (κ3) is 4.10. The summed E-state index contributed by atoms with van der Waals surface area (Å²) in [6.45, 7) is 0.142. The maximum absolute atomic E-state index is 6.83. The molecule has 0 amide bonds. The fourth-order valence-corrected chi connectivity index (χ4v) is 15.3. The molecule has 11 rings (SSSR count). The van der Waals surface area contributed by atoms with Gasteiger partial charge in [0.1, 0.15) is 11.5 Å². The summed E-state index contributed by atoms with van der Waals surface area (Å²) in [7, 11) is -3.05. The molecule has 0 N–H and O–H groups in total. The van der Waals surface area contributed by atoms with Crippen LogP contribution in [-0.2, 0) is 0 Å². The molecule has 8 aromatic rings. The first-order valence-electron chi connectivity index (χ1n) is 17.9. The van der Waals surface area contributed by atoms with E-state index in [0.29, 0.717) is 0 Å². The van der Waals surface area contributed by atoms with E-state index in [-0.39, 0.29) is 13.4 Å². The van der Waals surface area contributed by atoms with E-state index in [1.807, 2.05) is 36.9 Å². The van der Waals surface area contributed by atoms with E-state index in [4.69, 9.17) is 4.74 Å². The molecule has 3 aliphatic rings. The molecule has 0 radical (unpaired) electrons. The molecule has 0 atom stereocenters. The second-order valence-corrected chi connectivity index (χ2v) is 17.7. The Labute approximate surface area is 304 Å². The Morgan fingerprint density at radius 3 is 1.65 bits per heavy atom. The summed E-state index contributed by atoms with van der Waals surface area (Å²) in [5, 5.41) is 5.71. The van der Waals surface area contributed by atoms with Crippen LogP contribution in [0.25, 0.3) is 22.3 Å². The zero-order chi connectivity index (χ0) is 34.2. The fraction of sp³-hybridized carbons (Fsp3) is 0. The highest BCUT2D eigenvalue weighted by molar-refractivity contribution is 7.31. The van der Waals surface area contributed by atoms with Crippen LogP contribution >= 0.6 is 0 Å². The summed E-state index contributed by atoms with van der Waals surface area (Å²) in [5.74, 6) is 1.90. The molecule has 0 saturated heterocycles. The number of fused-ring (bicyclic) bond motifs is 10. The van der Waals surface area contributed by atoms with Gasteiger partial charge in [0.15, 0.2) is 8.07 Å². The summed E-state index contributed by atoms with van der Waals surface area (Å²) in [5.41, 5.74) is 12.6. The average Bonchev–Trinajstić information content (AvgIpc) is 3.22. The highest BCUT2D eigenvalue weighted by Gasteiger charge is 2.56. The number of hydrogen-bond donors (Lipinski definition) is 0. The molecular formula is C46H30B2N2OSi. The van der Waals surface area contributed by atoms with Crippen LogP contribution in [0.4, 0.5) is 0 Å². The lowest BCUT2D eigenvalue weighted by atomic mass is 9.35. The van der Waals surface area contributed by atoms with Crippen molar-refractivity contribution in [3.05, 3.63) is 183 Å². The molecule has 1 spiro atoms. The largest absolute Gasteiger partial charge is 0.458 e. The van der Waals surface area contributed by atoms with Gasteiger partial charge in [-0.15, -0.1) is 0 Å². The van der Waals surface area contributed by atoms with E-state index in [9.17, 15) is 0 Å².